The molecule has 130 valence electrons. The summed E-state index contributed by atoms with van der Waals surface area (Å²) in [6.07, 6.45) is -0.128. The third kappa shape index (κ3) is 4.11. The van der Waals surface area contributed by atoms with Gasteiger partial charge in [0, 0.05) is 18.1 Å². The lowest BCUT2D eigenvalue weighted by Gasteiger charge is -2.18. The van der Waals surface area contributed by atoms with E-state index in [1.807, 2.05) is 0 Å². The molecule has 0 saturated heterocycles. The average molecular weight is 350 g/mol. The number of alkyl halides is 3. The fourth-order valence-electron chi connectivity index (χ4n) is 2.29. The number of anilines is 1. The van der Waals surface area contributed by atoms with Crippen molar-refractivity contribution in [3.05, 3.63) is 53.6 Å². The summed E-state index contributed by atoms with van der Waals surface area (Å²) in [6, 6.07) is 3.83. The number of cyclic esters (lactones) is 1. The van der Waals surface area contributed by atoms with Gasteiger partial charge in [-0.15, -0.1) is 0 Å². The van der Waals surface area contributed by atoms with Crippen LogP contribution in [0, 0.1) is 0 Å². The first-order valence-electron chi connectivity index (χ1n) is 7.33. The Morgan fingerprint density at radius 1 is 1.24 bits per heavy atom. The average Bonchev–Trinajstić information content (AvgIpc) is 2.61. The molecule has 0 radical (unpaired) electrons. The van der Waals surface area contributed by atoms with Gasteiger partial charge in [0.1, 0.15) is 13.2 Å². The van der Waals surface area contributed by atoms with Gasteiger partial charge in [0.15, 0.2) is 0 Å². The van der Waals surface area contributed by atoms with E-state index in [1.165, 1.54) is 30.7 Å². The SMILES string of the molecule is O=C1CN=C(c2ccc(NCc3cnccn3)c(C(F)(F)F)c2)CO1. The van der Waals surface area contributed by atoms with Gasteiger partial charge in [-0.1, -0.05) is 6.07 Å². The van der Waals surface area contributed by atoms with Crippen LogP contribution >= 0.6 is 0 Å². The van der Waals surface area contributed by atoms with Crippen molar-refractivity contribution < 1.29 is 22.7 Å². The van der Waals surface area contributed by atoms with Crippen molar-refractivity contribution in [1.29, 1.82) is 0 Å². The molecule has 1 N–H and O–H groups in total. The molecule has 25 heavy (non-hydrogen) atoms. The van der Waals surface area contributed by atoms with Crippen LogP contribution in [0.5, 0.6) is 0 Å². The standard InChI is InChI=1S/C16H13F3N4O2/c17-16(18,19)12-5-10(14-9-25-15(24)8-23-14)1-2-13(12)22-7-11-6-20-3-4-21-11/h1-6,22H,7-9H2. The summed E-state index contributed by atoms with van der Waals surface area (Å²) in [5.41, 5.74) is 0.197. The van der Waals surface area contributed by atoms with Crippen LogP contribution in [0.15, 0.2) is 41.8 Å². The third-order valence-electron chi connectivity index (χ3n) is 3.50. The zero-order chi connectivity index (χ0) is 17.9. The lowest BCUT2D eigenvalue weighted by atomic mass is 10.0. The number of nitrogens with one attached hydrogen (secondary N) is 1. The van der Waals surface area contributed by atoms with E-state index in [2.05, 4.69) is 20.3 Å². The van der Waals surface area contributed by atoms with Crippen LogP contribution in [-0.4, -0.2) is 34.8 Å². The lowest BCUT2D eigenvalue weighted by molar-refractivity contribution is -0.141. The van der Waals surface area contributed by atoms with Crippen molar-refractivity contribution >= 4 is 17.4 Å². The van der Waals surface area contributed by atoms with E-state index in [0.717, 1.165) is 6.07 Å². The van der Waals surface area contributed by atoms with E-state index < -0.39 is 17.7 Å². The molecule has 1 aliphatic rings. The van der Waals surface area contributed by atoms with Crippen LogP contribution in [0.25, 0.3) is 0 Å². The Morgan fingerprint density at radius 2 is 2.08 bits per heavy atom. The summed E-state index contributed by atoms with van der Waals surface area (Å²) in [5.74, 6) is -0.498. The van der Waals surface area contributed by atoms with Crippen molar-refractivity contribution in [3.8, 4) is 0 Å². The van der Waals surface area contributed by atoms with Gasteiger partial charge in [-0.3, -0.25) is 19.8 Å². The Balaban J connectivity index is 1.87. The molecule has 0 saturated carbocycles. The van der Waals surface area contributed by atoms with Gasteiger partial charge >= 0.3 is 12.1 Å². The maximum atomic E-state index is 13.4. The lowest BCUT2D eigenvalue weighted by Crippen LogP contribution is -2.24. The molecular weight excluding hydrogens is 337 g/mol. The van der Waals surface area contributed by atoms with Crippen molar-refractivity contribution in [3.63, 3.8) is 0 Å². The van der Waals surface area contributed by atoms with Crippen molar-refractivity contribution in [1.82, 2.24) is 9.97 Å². The van der Waals surface area contributed by atoms with E-state index in [-0.39, 0.29) is 30.9 Å². The molecule has 0 spiro atoms. The molecule has 2 aromatic rings. The summed E-state index contributed by atoms with van der Waals surface area (Å²) < 4.78 is 45.0. The first kappa shape index (κ1) is 16.9. The van der Waals surface area contributed by atoms with Gasteiger partial charge in [0.05, 0.1) is 29.7 Å². The zero-order valence-corrected chi connectivity index (χ0v) is 12.9. The van der Waals surface area contributed by atoms with Gasteiger partial charge in [0.2, 0.25) is 0 Å². The molecule has 1 aromatic carbocycles. The van der Waals surface area contributed by atoms with Crippen LogP contribution < -0.4 is 5.32 Å². The van der Waals surface area contributed by atoms with E-state index in [0.29, 0.717) is 11.4 Å². The third-order valence-corrected chi connectivity index (χ3v) is 3.50. The van der Waals surface area contributed by atoms with Gasteiger partial charge in [0.25, 0.3) is 0 Å². The number of esters is 1. The minimum Gasteiger partial charge on any atom is -0.458 e. The monoisotopic (exact) mass is 350 g/mol. The number of benzene rings is 1. The Hall–Kier alpha value is -2.97. The van der Waals surface area contributed by atoms with Crippen molar-refractivity contribution in [2.24, 2.45) is 4.99 Å². The Kier molecular flexibility index (Phi) is 4.64. The number of aromatic nitrogens is 2. The van der Waals surface area contributed by atoms with Crippen molar-refractivity contribution in [2.75, 3.05) is 18.5 Å². The van der Waals surface area contributed by atoms with Gasteiger partial charge in [-0.05, 0) is 17.7 Å². The number of aliphatic imine (C=N–C) groups is 1. The van der Waals surface area contributed by atoms with Crippen molar-refractivity contribution in [2.45, 2.75) is 12.7 Å². The summed E-state index contributed by atoms with van der Waals surface area (Å²) in [6.45, 7) is -0.222. The number of nitrogens with zero attached hydrogens (tertiary/aromatic N) is 3. The van der Waals surface area contributed by atoms with Gasteiger partial charge < -0.3 is 10.1 Å². The van der Waals surface area contributed by atoms with Gasteiger partial charge in [-0.2, -0.15) is 13.2 Å². The Labute approximate surface area is 140 Å². The van der Waals surface area contributed by atoms with Crippen LogP contribution in [0.3, 0.4) is 0 Å². The highest BCUT2D eigenvalue weighted by Gasteiger charge is 2.34. The van der Waals surface area contributed by atoms with Crippen LogP contribution in [-0.2, 0) is 22.3 Å². The van der Waals surface area contributed by atoms with Crippen LogP contribution in [0.2, 0.25) is 0 Å². The summed E-state index contributed by atoms with van der Waals surface area (Å²) in [7, 11) is 0. The minimum absolute atomic E-state index is 0.0738. The highest BCUT2D eigenvalue weighted by molar-refractivity contribution is 6.04. The fourth-order valence-corrected chi connectivity index (χ4v) is 2.29. The molecular formula is C16H13F3N4O2. The summed E-state index contributed by atoms with van der Waals surface area (Å²) >= 11 is 0. The molecule has 0 bridgehead atoms. The van der Waals surface area contributed by atoms with Crippen LogP contribution in [0.1, 0.15) is 16.8 Å². The summed E-state index contributed by atoms with van der Waals surface area (Å²) in [5, 5.41) is 2.73. The minimum atomic E-state index is -4.55. The quantitative estimate of drug-likeness (QED) is 0.857. The predicted molar refractivity (Wildman–Crippen MR) is 83.2 cm³/mol. The molecule has 3 rings (SSSR count). The summed E-state index contributed by atoms with van der Waals surface area (Å²) in [4.78, 5) is 22.9. The maximum Gasteiger partial charge on any atom is 0.418 e. The molecule has 2 heterocycles. The van der Waals surface area contributed by atoms with E-state index >= 15 is 0 Å². The van der Waals surface area contributed by atoms with E-state index in [9.17, 15) is 18.0 Å². The highest BCUT2D eigenvalue weighted by atomic mass is 19.4. The predicted octanol–water partition coefficient (Wildman–Crippen LogP) is 2.45. The zero-order valence-electron chi connectivity index (χ0n) is 12.9. The Morgan fingerprint density at radius 3 is 2.72 bits per heavy atom. The number of hydrogen-bond donors (Lipinski definition) is 1. The number of hydrogen-bond acceptors (Lipinski definition) is 6. The number of rotatable bonds is 4. The highest BCUT2D eigenvalue weighted by Crippen LogP contribution is 2.36. The molecule has 1 aliphatic heterocycles. The second-order valence-electron chi connectivity index (χ2n) is 5.23. The van der Waals surface area contributed by atoms with Gasteiger partial charge in [-0.25, -0.2) is 0 Å². The topological polar surface area (TPSA) is 76.5 Å². The molecule has 0 fully saturated rings. The molecule has 0 aliphatic carbocycles. The number of halogens is 3. The maximum absolute atomic E-state index is 13.4. The second-order valence-corrected chi connectivity index (χ2v) is 5.23. The molecule has 0 atom stereocenters. The first-order chi connectivity index (χ1) is 11.9. The fraction of sp³-hybridized carbons (Fsp3) is 0.250. The largest absolute Gasteiger partial charge is 0.458 e. The Bertz CT molecular complexity index is 807. The number of ether oxygens (including phenoxy) is 1. The number of carbonyl (C=O) groups is 1. The number of carbonyl (C=O) groups excluding carboxylic acids is 1. The van der Waals surface area contributed by atoms with E-state index in [1.54, 1.807) is 0 Å². The smallest absolute Gasteiger partial charge is 0.418 e. The van der Waals surface area contributed by atoms with Crippen LogP contribution in [0.4, 0.5) is 18.9 Å². The normalized spacial score (nSPS) is 14.7. The molecule has 9 heteroatoms. The first-order valence-corrected chi connectivity index (χ1v) is 7.33. The second kappa shape index (κ2) is 6.88. The van der Waals surface area contributed by atoms with E-state index in [4.69, 9.17) is 4.74 Å². The molecule has 0 unspecified atom stereocenters. The molecule has 0 amide bonds. The molecule has 6 nitrogen and oxygen atoms in total. The molecule has 1 aromatic heterocycles.